The summed E-state index contributed by atoms with van der Waals surface area (Å²) in [6, 6.07) is 43.1. The SMILES string of the molecule is CCOC(=O)c1cn(C[C@@H]2CN2C(c2ccccc2)(c2ccccc2)c2ccccc2)c2c1C(OCc1ccccc1)CCC2. The summed E-state index contributed by atoms with van der Waals surface area (Å²) < 4.78 is 14.4. The second-order valence-corrected chi connectivity index (χ2v) is 12.1. The molecule has 1 aliphatic heterocycles. The van der Waals surface area contributed by atoms with E-state index in [4.69, 9.17) is 9.47 Å². The Labute approximate surface area is 266 Å². The number of aromatic nitrogens is 1. The Morgan fingerprint density at radius 3 is 1.91 bits per heavy atom. The molecule has 5 heteroatoms. The van der Waals surface area contributed by atoms with Gasteiger partial charge in [-0.3, -0.25) is 4.90 Å². The standard InChI is InChI=1S/C40H40N2O3/c1-2-44-39(43)35-28-41(36-24-15-25-37(38(35)36)45-29-30-16-7-3-8-17-30)26-34-27-42(34)40(31-18-9-4-10-19-31,32-20-11-5-12-21-32)33-22-13-6-14-23-33/h3-14,16-23,28,34,37H,2,15,24-27,29H2,1H3/t34-,37?,42?/m1/s1. The molecule has 228 valence electrons. The van der Waals surface area contributed by atoms with Crippen molar-refractivity contribution in [3.63, 3.8) is 0 Å². The van der Waals surface area contributed by atoms with Crippen LogP contribution in [0.3, 0.4) is 0 Å². The molecule has 2 heterocycles. The minimum Gasteiger partial charge on any atom is -0.462 e. The Hall–Kier alpha value is -4.45. The van der Waals surface area contributed by atoms with E-state index in [-0.39, 0.29) is 18.1 Å². The van der Waals surface area contributed by atoms with Gasteiger partial charge in [-0.15, -0.1) is 0 Å². The summed E-state index contributed by atoms with van der Waals surface area (Å²) in [7, 11) is 0. The molecule has 45 heavy (non-hydrogen) atoms. The van der Waals surface area contributed by atoms with Gasteiger partial charge in [0, 0.05) is 36.6 Å². The highest BCUT2D eigenvalue weighted by atomic mass is 16.5. The second-order valence-electron chi connectivity index (χ2n) is 12.1. The van der Waals surface area contributed by atoms with E-state index in [1.807, 2.05) is 31.3 Å². The van der Waals surface area contributed by atoms with Gasteiger partial charge in [-0.25, -0.2) is 4.79 Å². The van der Waals surface area contributed by atoms with E-state index >= 15 is 0 Å². The first-order valence-corrected chi connectivity index (χ1v) is 16.2. The molecule has 2 unspecified atom stereocenters. The number of hydrogen-bond donors (Lipinski definition) is 0. The van der Waals surface area contributed by atoms with Gasteiger partial charge in [-0.1, -0.05) is 121 Å². The van der Waals surface area contributed by atoms with Crippen LogP contribution in [-0.4, -0.2) is 34.6 Å². The second kappa shape index (κ2) is 12.9. The zero-order valence-electron chi connectivity index (χ0n) is 25.8. The number of benzene rings is 4. The summed E-state index contributed by atoms with van der Waals surface area (Å²) in [6.45, 7) is 4.46. The highest BCUT2D eigenvalue weighted by Gasteiger charge is 2.53. The lowest BCUT2D eigenvalue weighted by Crippen LogP contribution is -2.39. The Kier molecular flexibility index (Phi) is 8.38. The van der Waals surface area contributed by atoms with Crippen LogP contribution in [0.2, 0.25) is 0 Å². The summed E-state index contributed by atoms with van der Waals surface area (Å²) in [5.74, 6) is -0.262. The first kappa shape index (κ1) is 29.3. The van der Waals surface area contributed by atoms with Crippen LogP contribution in [-0.2, 0) is 34.6 Å². The number of carbonyl (C=O) groups excluding carboxylic acids is 1. The highest BCUT2D eigenvalue weighted by Crippen LogP contribution is 2.49. The fraction of sp³-hybridized carbons (Fsp3) is 0.275. The third-order valence-electron chi connectivity index (χ3n) is 9.35. The Balaban J connectivity index is 1.25. The van der Waals surface area contributed by atoms with Crippen molar-refractivity contribution in [3.05, 3.63) is 167 Å². The molecule has 0 saturated carbocycles. The van der Waals surface area contributed by atoms with Gasteiger partial charge in [0.25, 0.3) is 0 Å². The van der Waals surface area contributed by atoms with Crippen LogP contribution in [0.4, 0.5) is 0 Å². The maximum atomic E-state index is 13.3. The molecule has 1 aromatic heterocycles. The molecule has 1 aliphatic carbocycles. The summed E-state index contributed by atoms with van der Waals surface area (Å²) in [6.07, 6.45) is 4.74. The van der Waals surface area contributed by atoms with Gasteiger partial charge in [0.2, 0.25) is 0 Å². The fourth-order valence-electron chi connectivity index (χ4n) is 7.33. The third kappa shape index (κ3) is 5.63. The van der Waals surface area contributed by atoms with Crippen molar-refractivity contribution < 1.29 is 14.3 Å². The average molecular weight is 597 g/mol. The molecule has 1 fully saturated rings. The number of nitrogens with zero attached hydrogens (tertiary/aromatic N) is 2. The van der Waals surface area contributed by atoms with Crippen molar-refractivity contribution in [2.24, 2.45) is 0 Å². The number of ether oxygens (including phenoxy) is 2. The zero-order chi connectivity index (χ0) is 30.6. The molecular formula is C40H40N2O3. The van der Waals surface area contributed by atoms with E-state index in [2.05, 4.69) is 113 Å². The van der Waals surface area contributed by atoms with Crippen LogP contribution in [0.5, 0.6) is 0 Å². The quantitative estimate of drug-likeness (QED) is 0.0882. The van der Waals surface area contributed by atoms with E-state index in [9.17, 15) is 4.79 Å². The lowest BCUT2D eigenvalue weighted by atomic mass is 9.76. The normalized spacial score (nSPS) is 19.1. The van der Waals surface area contributed by atoms with Gasteiger partial charge in [0.05, 0.1) is 30.4 Å². The first-order chi connectivity index (χ1) is 22.2. The molecule has 0 bridgehead atoms. The van der Waals surface area contributed by atoms with Crippen LogP contribution in [0, 0.1) is 0 Å². The van der Waals surface area contributed by atoms with E-state index in [1.54, 1.807) is 0 Å². The van der Waals surface area contributed by atoms with Gasteiger partial charge in [0.15, 0.2) is 0 Å². The van der Waals surface area contributed by atoms with Crippen molar-refractivity contribution in [2.75, 3.05) is 13.2 Å². The highest BCUT2D eigenvalue weighted by molar-refractivity contribution is 5.91. The van der Waals surface area contributed by atoms with E-state index in [0.717, 1.165) is 43.5 Å². The van der Waals surface area contributed by atoms with Gasteiger partial charge in [-0.05, 0) is 48.4 Å². The molecule has 2 aliphatic rings. The van der Waals surface area contributed by atoms with Crippen LogP contribution in [0.15, 0.2) is 128 Å². The third-order valence-corrected chi connectivity index (χ3v) is 9.35. The smallest absolute Gasteiger partial charge is 0.340 e. The van der Waals surface area contributed by atoms with E-state index < -0.39 is 5.54 Å². The molecule has 4 aromatic carbocycles. The molecule has 0 amide bonds. The Morgan fingerprint density at radius 2 is 1.36 bits per heavy atom. The number of fused-ring (bicyclic) bond motifs is 1. The topological polar surface area (TPSA) is 43.5 Å². The van der Waals surface area contributed by atoms with Crippen LogP contribution >= 0.6 is 0 Å². The minimum atomic E-state index is -0.438. The Bertz CT molecular complexity index is 1620. The summed E-state index contributed by atoms with van der Waals surface area (Å²) >= 11 is 0. The van der Waals surface area contributed by atoms with Crippen molar-refractivity contribution in [1.82, 2.24) is 9.47 Å². The average Bonchev–Trinajstić information content (AvgIpc) is 3.76. The predicted molar refractivity (Wildman–Crippen MR) is 177 cm³/mol. The van der Waals surface area contributed by atoms with Crippen molar-refractivity contribution in [1.29, 1.82) is 0 Å². The largest absolute Gasteiger partial charge is 0.462 e. The van der Waals surface area contributed by atoms with Crippen molar-refractivity contribution in [2.45, 2.75) is 57.0 Å². The molecule has 0 radical (unpaired) electrons. The maximum absolute atomic E-state index is 13.3. The number of rotatable bonds is 11. The summed E-state index contributed by atoms with van der Waals surface area (Å²) in [5.41, 5.74) is 7.32. The monoisotopic (exact) mass is 596 g/mol. The summed E-state index contributed by atoms with van der Waals surface area (Å²) in [4.78, 5) is 15.9. The zero-order valence-corrected chi connectivity index (χ0v) is 25.8. The van der Waals surface area contributed by atoms with Crippen LogP contribution < -0.4 is 0 Å². The predicted octanol–water partition coefficient (Wildman–Crippen LogP) is 7.94. The van der Waals surface area contributed by atoms with Crippen molar-refractivity contribution in [3.8, 4) is 0 Å². The van der Waals surface area contributed by atoms with Crippen LogP contribution in [0.25, 0.3) is 0 Å². The van der Waals surface area contributed by atoms with E-state index in [0.29, 0.717) is 18.8 Å². The number of esters is 1. The molecule has 5 aromatic rings. The number of carbonyl (C=O) groups is 1. The molecule has 1 saturated heterocycles. The molecule has 5 nitrogen and oxygen atoms in total. The van der Waals surface area contributed by atoms with Crippen LogP contribution in [0.1, 0.15) is 69.7 Å². The summed E-state index contributed by atoms with van der Waals surface area (Å²) in [5, 5.41) is 0. The Morgan fingerprint density at radius 1 is 0.800 bits per heavy atom. The first-order valence-electron chi connectivity index (χ1n) is 16.2. The maximum Gasteiger partial charge on any atom is 0.340 e. The lowest BCUT2D eigenvalue weighted by Gasteiger charge is -2.38. The lowest BCUT2D eigenvalue weighted by molar-refractivity contribution is 0.0256. The molecule has 3 atom stereocenters. The molecule has 0 N–H and O–H groups in total. The van der Waals surface area contributed by atoms with Gasteiger partial charge >= 0.3 is 5.97 Å². The minimum absolute atomic E-state index is 0.137. The van der Waals surface area contributed by atoms with Crippen molar-refractivity contribution >= 4 is 5.97 Å². The van der Waals surface area contributed by atoms with Gasteiger partial charge in [0.1, 0.15) is 0 Å². The van der Waals surface area contributed by atoms with E-state index in [1.165, 1.54) is 22.4 Å². The van der Waals surface area contributed by atoms with Gasteiger partial charge < -0.3 is 14.0 Å². The number of hydrogen-bond acceptors (Lipinski definition) is 4. The van der Waals surface area contributed by atoms with Gasteiger partial charge in [-0.2, -0.15) is 0 Å². The molecular weight excluding hydrogens is 556 g/mol. The fourth-order valence-corrected chi connectivity index (χ4v) is 7.33. The molecule has 0 spiro atoms. The molecule has 7 rings (SSSR count).